The Bertz CT molecular complexity index is 507. The molecule has 0 amide bonds. The number of aliphatic hydroxyl groups is 1. The smallest absolute Gasteiger partial charge is 0.179 e. The minimum absolute atomic E-state index is 0.346. The van der Waals surface area contributed by atoms with Crippen LogP contribution in [0.1, 0.15) is 38.4 Å². The van der Waals surface area contributed by atoms with E-state index in [0.717, 1.165) is 13.1 Å². The SMILES string of the molecule is CC.N[C@H](CN1CCCC1)C(O)c1cc(Cl)c2c(c1)OCCO2. The van der Waals surface area contributed by atoms with Crippen molar-refractivity contribution in [3.8, 4) is 11.5 Å². The summed E-state index contributed by atoms with van der Waals surface area (Å²) in [6, 6.07) is 3.14. The van der Waals surface area contributed by atoms with E-state index in [4.69, 9.17) is 26.8 Å². The van der Waals surface area contributed by atoms with E-state index in [1.165, 1.54) is 12.8 Å². The maximum atomic E-state index is 10.5. The first-order chi connectivity index (χ1) is 11.1. The third-order valence-corrected chi connectivity index (χ3v) is 4.31. The molecule has 2 aliphatic rings. The van der Waals surface area contributed by atoms with Gasteiger partial charge in [0.15, 0.2) is 11.5 Å². The third-order valence-electron chi connectivity index (χ3n) is 4.03. The Labute approximate surface area is 143 Å². The largest absolute Gasteiger partial charge is 0.486 e. The normalized spacial score (nSPS) is 19.7. The number of rotatable bonds is 4. The summed E-state index contributed by atoms with van der Waals surface area (Å²) in [6.45, 7) is 7.78. The molecule has 1 aromatic carbocycles. The van der Waals surface area contributed by atoms with E-state index in [9.17, 15) is 5.11 Å². The van der Waals surface area contributed by atoms with Crippen LogP contribution in [0.15, 0.2) is 12.1 Å². The molecule has 1 saturated heterocycles. The Balaban J connectivity index is 0.000000924. The first-order valence-electron chi connectivity index (χ1n) is 8.40. The predicted molar refractivity (Wildman–Crippen MR) is 92.4 cm³/mol. The maximum absolute atomic E-state index is 10.5. The van der Waals surface area contributed by atoms with Crippen molar-refractivity contribution in [3.05, 3.63) is 22.7 Å². The number of benzene rings is 1. The first-order valence-corrected chi connectivity index (χ1v) is 8.78. The van der Waals surface area contributed by atoms with Crippen molar-refractivity contribution in [3.63, 3.8) is 0 Å². The van der Waals surface area contributed by atoms with Gasteiger partial charge in [-0.1, -0.05) is 25.4 Å². The summed E-state index contributed by atoms with van der Waals surface area (Å²) >= 11 is 6.20. The molecular formula is C17H27ClN2O3. The minimum Gasteiger partial charge on any atom is -0.486 e. The third kappa shape index (κ3) is 4.51. The predicted octanol–water partition coefficient (Wildman–Crippen LogP) is 2.59. The van der Waals surface area contributed by atoms with Crippen molar-refractivity contribution in [2.45, 2.75) is 38.8 Å². The molecule has 5 nitrogen and oxygen atoms in total. The molecule has 0 bridgehead atoms. The summed E-state index contributed by atoms with van der Waals surface area (Å²) in [5, 5.41) is 10.9. The van der Waals surface area contributed by atoms with Gasteiger partial charge in [-0.15, -0.1) is 0 Å². The van der Waals surface area contributed by atoms with Gasteiger partial charge in [-0.2, -0.15) is 0 Å². The Morgan fingerprint density at radius 1 is 1.22 bits per heavy atom. The number of nitrogens with two attached hydrogens (primary N) is 1. The lowest BCUT2D eigenvalue weighted by Crippen LogP contribution is -2.40. The van der Waals surface area contributed by atoms with E-state index in [1.54, 1.807) is 12.1 Å². The van der Waals surface area contributed by atoms with Crippen LogP contribution in [-0.4, -0.2) is 48.9 Å². The molecule has 0 spiro atoms. The van der Waals surface area contributed by atoms with Gasteiger partial charge in [-0.3, -0.25) is 0 Å². The average Bonchev–Trinajstić information content (AvgIpc) is 3.09. The second-order valence-electron chi connectivity index (χ2n) is 5.64. The lowest BCUT2D eigenvalue weighted by atomic mass is 10.0. The highest BCUT2D eigenvalue weighted by Crippen LogP contribution is 2.40. The fraction of sp³-hybridized carbons (Fsp3) is 0.647. The van der Waals surface area contributed by atoms with Crippen LogP contribution in [0.4, 0.5) is 0 Å². The van der Waals surface area contributed by atoms with E-state index in [1.807, 2.05) is 13.8 Å². The molecule has 6 heteroatoms. The molecule has 2 heterocycles. The van der Waals surface area contributed by atoms with Crippen molar-refractivity contribution < 1.29 is 14.6 Å². The highest BCUT2D eigenvalue weighted by atomic mass is 35.5. The second kappa shape index (κ2) is 8.73. The van der Waals surface area contributed by atoms with E-state index < -0.39 is 6.10 Å². The van der Waals surface area contributed by atoms with Gasteiger partial charge in [-0.25, -0.2) is 0 Å². The van der Waals surface area contributed by atoms with Crippen LogP contribution in [0.2, 0.25) is 5.02 Å². The summed E-state index contributed by atoms with van der Waals surface area (Å²) in [5.41, 5.74) is 6.83. The number of ether oxygens (including phenoxy) is 2. The molecule has 2 aliphatic heterocycles. The van der Waals surface area contributed by atoms with Crippen molar-refractivity contribution in [1.82, 2.24) is 4.90 Å². The molecule has 0 aromatic heterocycles. The molecule has 0 saturated carbocycles. The van der Waals surface area contributed by atoms with E-state index in [-0.39, 0.29) is 6.04 Å². The molecule has 0 radical (unpaired) electrons. The summed E-state index contributed by atoms with van der Waals surface area (Å²) < 4.78 is 11.0. The fourth-order valence-corrected chi connectivity index (χ4v) is 3.19. The zero-order valence-corrected chi connectivity index (χ0v) is 14.7. The van der Waals surface area contributed by atoms with Gasteiger partial charge in [0.05, 0.1) is 11.1 Å². The number of hydrogen-bond donors (Lipinski definition) is 2. The summed E-state index contributed by atoms with van der Waals surface area (Å²) in [5.74, 6) is 1.13. The molecule has 1 unspecified atom stereocenters. The van der Waals surface area contributed by atoms with Crippen molar-refractivity contribution in [1.29, 1.82) is 0 Å². The topological polar surface area (TPSA) is 68.0 Å². The van der Waals surface area contributed by atoms with Gasteiger partial charge in [0, 0.05) is 12.6 Å². The maximum Gasteiger partial charge on any atom is 0.179 e. The highest BCUT2D eigenvalue weighted by molar-refractivity contribution is 6.32. The van der Waals surface area contributed by atoms with Crippen LogP contribution in [-0.2, 0) is 0 Å². The molecule has 130 valence electrons. The van der Waals surface area contributed by atoms with Crippen LogP contribution in [0.25, 0.3) is 0 Å². The van der Waals surface area contributed by atoms with Gasteiger partial charge in [0.1, 0.15) is 13.2 Å². The fourth-order valence-electron chi connectivity index (χ4n) is 2.91. The van der Waals surface area contributed by atoms with E-state index >= 15 is 0 Å². The van der Waals surface area contributed by atoms with E-state index in [0.29, 0.717) is 41.8 Å². The molecule has 3 rings (SSSR count). The molecular weight excluding hydrogens is 316 g/mol. The van der Waals surface area contributed by atoms with Gasteiger partial charge < -0.3 is 25.2 Å². The van der Waals surface area contributed by atoms with Gasteiger partial charge in [-0.05, 0) is 43.6 Å². The molecule has 0 aliphatic carbocycles. The monoisotopic (exact) mass is 342 g/mol. The molecule has 1 aromatic rings. The number of hydrogen-bond acceptors (Lipinski definition) is 5. The van der Waals surface area contributed by atoms with Crippen LogP contribution in [0, 0.1) is 0 Å². The molecule has 23 heavy (non-hydrogen) atoms. The average molecular weight is 343 g/mol. The van der Waals surface area contributed by atoms with Crippen molar-refractivity contribution >= 4 is 11.6 Å². The zero-order valence-electron chi connectivity index (χ0n) is 13.9. The minimum atomic E-state index is -0.765. The molecule has 1 fully saturated rings. The second-order valence-corrected chi connectivity index (χ2v) is 6.05. The number of aliphatic hydroxyl groups excluding tert-OH is 1. The lowest BCUT2D eigenvalue weighted by molar-refractivity contribution is 0.124. The Morgan fingerprint density at radius 2 is 1.87 bits per heavy atom. The van der Waals surface area contributed by atoms with Gasteiger partial charge in [0.25, 0.3) is 0 Å². The highest BCUT2D eigenvalue weighted by Gasteiger charge is 2.25. The number of likely N-dealkylation sites (tertiary alicyclic amines) is 1. The van der Waals surface area contributed by atoms with Crippen LogP contribution < -0.4 is 15.2 Å². The van der Waals surface area contributed by atoms with Crippen molar-refractivity contribution in [2.24, 2.45) is 5.73 Å². The number of halogens is 1. The Morgan fingerprint density at radius 3 is 2.57 bits per heavy atom. The standard InChI is InChI=1S/C15H21ClN2O3.C2H6/c16-11-7-10(8-13-15(11)21-6-5-20-13)14(19)12(17)9-18-3-1-2-4-18;1-2/h7-8,12,14,19H,1-6,9,17H2;1-2H3/t12-,14?;/m1./s1. The Hall–Kier alpha value is -1.01. The number of nitrogens with zero attached hydrogens (tertiary/aromatic N) is 1. The molecule has 2 atom stereocenters. The Kier molecular flexibility index (Phi) is 6.96. The lowest BCUT2D eigenvalue weighted by Gasteiger charge is -2.26. The summed E-state index contributed by atoms with van der Waals surface area (Å²) in [4.78, 5) is 2.29. The van der Waals surface area contributed by atoms with E-state index in [2.05, 4.69) is 4.90 Å². The quantitative estimate of drug-likeness (QED) is 0.880. The first kappa shape index (κ1) is 18.3. The molecule has 3 N–H and O–H groups in total. The zero-order chi connectivity index (χ0) is 16.8. The summed E-state index contributed by atoms with van der Waals surface area (Å²) in [7, 11) is 0. The number of fused-ring (bicyclic) bond motifs is 1. The van der Waals surface area contributed by atoms with Gasteiger partial charge >= 0.3 is 0 Å². The van der Waals surface area contributed by atoms with Crippen LogP contribution >= 0.6 is 11.6 Å². The van der Waals surface area contributed by atoms with Crippen molar-refractivity contribution in [2.75, 3.05) is 32.8 Å². The van der Waals surface area contributed by atoms with Crippen LogP contribution in [0.5, 0.6) is 11.5 Å². The van der Waals surface area contributed by atoms with Crippen LogP contribution in [0.3, 0.4) is 0 Å². The van der Waals surface area contributed by atoms with Gasteiger partial charge in [0.2, 0.25) is 0 Å². The summed E-state index contributed by atoms with van der Waals surface area (Å²) in [6.07, 6.45) is 1.65.